The molecule has 4 nitrogen and oxygen atoms in total. The number of aromatic nitrogens is 2. The van der Waals surface area contributed by atoms with Crippen LogP contribution in [-0.2, 0) is 6.42 Å². The summed E-state index contributed by atoms with van der Waals surface area (Å²) < 4.78 is 5.50. The summed E-state index contributed by atoms with van der Waals surface area (Å²) in [5.74, 6) is 1.52. The molecule has 4 heteroatoms. The molecule has 0 atom stereocenters. The van der Waals surface area contributed by atoms with Crippen LogP contribution in [0.2, 0.25) is 0 Å². The number of hydrogen-bond donors (Lipinski definition) is 1. The van der Waals surface area contributed by atoms with E-state index in [-0.39, 0.29) is 0 Å². The molecule has 118 valence electrons. The molecule has 0 amide bonds. The highest BCUT2D eigenvalue weighted by Gasteiger charge is 2.13. The molecule has 0 fully saturated rings. The zero-order chi connectivity index (χ0) is 16.2. The van der Waals surface area contributed by atoms with Gasteiger partial charge in [0.1, 0.15) is 0 Å². The summed E-state index contributed by atoms with van der Waals surface area (Å²) in [7, 11) is 0. The van der Waals surface area contributed by atoms with Crippen LogP contribution < -0.4 is 5.32 Å². The highest BCUT2D eigenvalue weighted by atomic mass is 16.5. The van der Waals surface area contributed by atoms with Gasteiger partial charge in [0.05, 0.1) is 0 Å². The zero-order valence-corrected chi connectivity index (χ0v) is 13.8. The first-order chi connectivity index (χ1) is 11.1. The van der Waals surface area contributed by atoms with E-state index >= 15 is 0 Å². The average molecular weight is 307 g/mol. The van der Waals surface area contributed by atoms with Gasteiger partial charge in [-0.3, -0.25) is 4.98 Å². The summed E-state index contributed by atoms with van der Waals surface area (Å²) in [6.07, 6.45) is 0.952. The fraction of sp³-hybridized carbons (Fsp3) is 0.263. The largest absolute Gasteiger partial charge is 0.367 e. The predicted octanol–water partition coefficient (Wildman–Crippen LogP) is 4.32. The Morgan fingerprint density at radius 3 is 2.57 bits per heavy atom. The first kappa shape index (κ1) is 15.3. The first-order valence-electron chi connectivity index (χ1n) is 7.83. The van der Waals surface area contributed by atoms with Gasteiger partial charge in [0.25, 0.3) is 0 Å². The highest BCUT2D eigenvalue weighted by molar-refractivity contribution is 5.66. The minimum absolute atomic E-state index is 0.759. The number of benzene rings is 1. The molecule has 0 aliphatic rings. The second kappa shape index (κ2) is 6.65. The molecule has 0 aliphatic heterocycles. The molecule has 3 rings (SSSR count). The van der Waals surface area contributed by atoms with Crippen LogP contribution in [0.4, 0.5) is 5.82 Å². The van der Waals surface area contributed by atoms with Crippen molar-refractivity contribution in [2.75, 3.05) is 11.9 Å². The Kier molecular flexibility index (Phi) is 4.42. The summed E-state index contributed by atoms with van der Waals surface area (Å²) in [4.78, 5) is 4.51. The fourth-order valence-electron chi connectivity index (χ4n) is 2.85. The Morgan fingerprint density at radius 2 is 1.83 bits per heavy atom. The topological polar surface area (TPSA) is 51.0 Å². The smallest absolute Gasteiger partial charge is 0.171 e. The molecule has 23 heavy (non-hydrogen) atoms. The molecule has 3 aromatic rings. The molecular formula is C19H21N3O. The van der Waals surface area contributed by atoms with Crippen LogP contribution in [0.25, 0.3) is 11.3 Å². The van der Waals surface area contributed by atoms with Gasteiger partial charge in [0.15, 0.2) is 11.6 Å². The Balaban J connectivity index is 1.69. The third kappa shape index (κ3) is 3.59. The van der Waals surface area contributed by atoms with Gasteiger partial charge in [0, 0.05) is 29.6 Å². The third-order valence-electron chi connectivity index (χ3n) is 3.84. The number of nitrogens with one attached hydrogen (secondary N) is 1. The monoisotopic (exact) mass is 307 g/mol. The zero-order valence-electron chi connectivity index (χ0n) is 13.8. The van der Waals surface area contributed by atoms with Crippen molar-refractivity contribution in [1.82, 2.24) is 10.1 Å². The molecule has 2 aromatic heterocycles. The van der Waals surface area contributed by atoms with Gasteiger partial charge in [-0.25, -0.2) is 0 Å². The number of aryl methyl sites for hydroxylation is 3. The molecule has 0 unspecified atom stereocenters. The Hall–Kier alpha value is -2.62. The summed E-state index contributed by atoms with van der Waals surface area (Å²) in [5.41, 5.74) is 5.47. The molecule has 0 bridgehead atoms. The van der Waals surface area contributed by atoms with Gasteiger partial charge < -0.3 is 9.84 Å². The normalized spacial score (nSPS) is 10.7. The van der Waals surface area contributed by atoms with E-state index in [2.05, 4.69) is 52.7 Å². The van der Waals surface area contributed by atoms with Gasteiger partial charge in [-0.1, -0.05) is 35.5 Å². The van der Waals surface area contributed by atoms with Crippen molar-refractivity contribution in [2.24, 2.45) is 0 Å². The molecular weight excluding hydrogens is 286 g/mol. The second-order valence-corrected chi connectivity index (χ2v) is 5.78. The number of rotatable bonds is 5. The Labute approximate surface area is 136 Å². The Bertz CT molecular complexity index is 770. The number of hydrogen-bond acceptors (Lipinski definition) is 4. The van der Waals surface area contributed by atoms with E-state index in [0.29, 0.717) is 0 Å². The second-order valence-electron chi connectivity index (χ2n) is 5.78. The maximum atomic E-state index is 5.50. The summed E-state index contributed by atoms with van der Waals surface area (Å²) in [6, 6.07) is 14.4. The highest BCUT2D eigenvalue weighted by Crippen LogP contribution is 2.28. The van der Waals surface area contributed by atoms with Gasteiger partial charge in [0.2, 0.25) is 0 Å². The maximum Gasteiger partial charge on any atom is 0.171 e. The fourth-order valence-corrected chi connectivity index (χ4v) is 2.85. The molecule has 1 aromatic carbocycles. The van der Waals surface area contributed by atoms with Crippen molar-refractivity contribution in [1.29, 1.82) is 0 Å². The van der Waals surface area contributed by atoms with Crippen LogP contribution >= 0.6 is 0 Å². The van der Waals surface area contributed by atoms with E-state index in [1.54, 1.807) is 0 Å². The third-order valence-corrected chi connectivity index (χ3v) is 3.84. The van der Waals surface area contributed by atoms with Crippen LogP contribution in [0.5, 0.6) is 0 Å². The van der Waals surface area contributed by atoms with E-state index in [1.165, 1.54) is 5.56 Å². The number of pyridine rings is 1. The predicted molar refractivity (Wildman–Crippen MR) is 92.6 cm³/mol. The molecule has 0 radical (unpaired) electrons. The standard InChI is InChI=1S/C19H21N3O/c1-13-11-14(2)21-15(3)19(13)17-12-18(22-23-17)20-10-9-16-7-5-4-6-8-16/h4-8,11-12H,9-10H2,1-3H3,(H,20,22). The van der Waals surface area contributed by atoms with E-state index < -0.39 is 0 Å². The van der Waals surface area contributed by atoms with Crippen LogP contribution in [0.1, 0.15) is 22.5 Å². The van der Waals surface area contributed by atoms with Gasteiger partial charge in [-0.2, -0.15) is 0 Å². The van der Waals surface area contributed by atoms with Crippen molar-refractivity contribution in [3.8, 4) is 11.3 Å². The molecule has 0 saturated carbocycles. The van der Waals surface area contributed by atoms with Gasteiger partial charge >= 0.3 is 0 Å². The lowest BCUT2D eigenvalue weighted by atomic mass is 10.0. The van der Waals surface area contributed by atoms with E-state index in [4.69, 9.17) is 4.52 Å². The first-order valence-corrected chi connectivity index (χ1v) is 7.83. The van der Waals surface area contributed by atoms with Crippen molar-refractivity contribution in [3.63, 3.8) is 0 Å². The molecule has 2 heterocycles. The minimum Gasteiger partial charge on any atom is -0.367 e. The van der Waals surface area contributed by atoms with E-state index in [0.717, 1.165) is 47.1 Å². The lowest BCUT2D eigenvalue weighted by Crippen LogP contribution is -2.04. The van der Waals surface area contributed by atoms with Crippen LogP contribution in [0, 0.1) is 20.8 Å². The van der Waals surface area contributed by atoms with E-state index in [9.17, 15) is 0 Å². The molecule has 0 spiro atoms. The van der Waals surface area contributed by atoms with Crippen LogP contribution in [0.15, 0.2) is 47.0 Å². The lowest BCUT2D eigenvalue weighted by molar-refractivity contribution is 0.434. The SMILES string of the molecule is Cc1cc(C)c(-c2cc(NCCc3ccccc3)no2)c(C)n1. The number of nitrogens with zero attached hydrogens (tertiary/aromatic N) is 2. The summed E-state index contributed by atoms with van der Waals surface area (Å²) >= 11 is 0. The van der Waals surface area contributed by atoms with Crippen molar-refractivity contribution in [2.45, 2.75) is 27.2 Å². The average Bonchev–Trinajstić information content (AvgIpc) is 2.96. The molecule has 1 N–H and O–H groups in total. The van der Waals surface area contributed by atoms with Crippen molar-refractivity contribution in [3.05, 3.63) is 65.0 Å². The van der Waals surface area contributed by atoms with Crippen LogP contribution in [-0.4, -0.2) is 16.7 Å². The van der Waals surface area contributed by atoms with Crippen molar-refractivity contribution < 1.29 is 4.52 Å². The molecule has 0 saturated heterocycles. The summed E-state index contributed by atoms with van der Waals surface area (Å²) in [5, 5.41) is 7.42. The minimum atomic E-state index is 0.759. The number of anilines is 1. The van der Waals surface area contributed by atoms with Crippen molar-refractivity contribution >= 4 is 5.82 Å². The maximum absolute atomic E-state index is 5.50. The summed E-state index contributed by atoms with van der Waals surface area (Å²) in [6.45, 7) is 6.89. The molecule has 0 aliphatic carbocycles. The lowest BCUT2D eigenvalue weighted by Gasteiger charge is -2.06. The van der Waals surface area contributed by atoms with Gasteiger partial charge in [-0.15, -0.1) is 0 Å². The van der Waals surface area contributed by atoms with Gasteiger partial charge in [-0.05, 0) is 44.4 Å². The van der Waals surface area contributed by atoms with Crippen LogP contribution in [0.3, 0.4) is 0 Å². The quantitative estimate of drug-likeness (QED) is 0.763. The Morgan fingerprint density at radius 1 is 1.04 bits per heavy atom. The van der Waals surface area contributed by atoms with E-state index in [1.807, 2.05) is 26.0 Å².